The SMILES string of the molecule is CCN(CC)C(=O)c1ccc(C(=O)NCCn2c(C)cc3ccccc32)cc1. The van der Waals surface area contributed by atoms with E-state index in [0.29, 0.717) is 37.3 Å². The Bertz CT molecular complexity index is 969. The quantitative estimate of drug-likeness (QED) is 0.680. The summed E-state index contributed by atoms with van der Waals surface area (Å²) in [5, 5.41) is 4.18. The van der Waals surface area contributed by atoms with Crippen LogP contribution >= 0.6 is 0 Å². The summed E-state index contributed by atoms with van der Waals surface area (Å²) < 4.78 is 2.21. The minimum Gasteiger partial charge on any atom is -0.350 e. The third-order valence-corrected chi connectivity index (χ3v) is 5.08. The van der Waals surface area contributed by atoms with Gasteiger partial charge in [0, 0.05) is 48.5 Å². The van der Waals surface area contributed by atoms with Crippen molar-refractivity contribution in [2.45, 2.75) is 27.3 Å². The van der Waals surface area contributed by atoms with Crippen LogP contribution in [0.5, 0.6) is 0 Å². The van der Waals surface area contributed by atoms with E-state index in [0.717, 1.165) is 0 Å². The molecule has 5 heteroatoms. The number of nitrogens with zero attached hydrogens (tertiary/aromatic N) is 2. The van der Waals surface area contributed by atoms with E-state index in [2.05, 4.69) is 35.0 Å². The van der Waals surface area contributed by atoms with E-state index in [1.807, 2.05) is 26.0 Å². The minimum atomic E-state index is -0.129. The zero-order chi connectivity index (χ0) is 20.1. The first-order valence-corrected chi connectivity index (χ1v) is 9.77. The van der Waals surface area contributed by atoms with Crippen LogP contribution in [0.4, 0.5) is 0 Å². The summed E-state index contributed by atoms with van der Waals surface area (Å²) >= 11 is 0. The van der Waals surface area contributed by atoms with Crippen LogP contribution in [0.2, 0.25) is 0 Å². The van der Waals surface area contributed by atoms with Gasteiger partial charge in [-0.15, -0.1) is 0 Å². The van der Waals surface area contributed by atoms with E-state index >= 15 is 0 Å². The molecular weight excluding hydrogens is 350 g/mol. The van der Waals surface area contributed by atoms with Crippen molar-refractivity contribution >= 4 is 22.7 Å². The number of para-hydroxylation sites is 1. The summed E-state index contributed by atoms with van der Waals surface area (Å²) in [5.41, 5.74) is 3.52. The maximum Gasteiger partial charge on any atom is 0.253 e. The third kappa shape index (κ3) is 4.09. The third-order valence-electron chi connectivity index (χ3n) is 5.08. The average molecular weight is 377 g/mol. The van der Waals surface area contributed by atoms with Crippen LogP contribution in [0.3, 0.4) is 0 Å². The number of carbonyl (C=O) groups excluding carboxylic acids is 2. The molecule has 2 amide bonds. The number of benzene rings is 2. The van der Waals surface area contributed by atoms with Crippen molar-refractivity contribution < 1.29 is 9.59 Å². The second kappa shape index (κ2) is 8.74. The van der Waals surface area contributed by atoms with Crippen molar-refractivity contribution in [1.29, 1.82) is 0 Å². The van der Waals surface area contributed by atoms with Crippen LogP contribution in [0.15, 0.2) is 54.6 Å². The number of amides is 2. The van der Waals surface area contributed by atoms with Crippen molar-refractivity contribution in [3.63, 3.8) is 0 Å². The Morgan fingerprint density at radius 3 is 2.29 bits per heavy atom. The lowest BCUT2D eigenvalue weighted by molar-refractivity contribution is 0.0772. The van der Waals surface area contributed by atoms with E-state index in [-0.39, 0.29) is 11.8 Å². The van der Waals surface area contributed by atoms with Gasteiger partial charge in [0.2, 0.25) is 0 Å². The lowest BCUT2D eigenvalue weighted by Crippen LogP contribution is -2.30. The average Bonchev–Trinajstić information content (AvgIpc) is 3.04. The van der Waals surface area contributed by atoms with Gasteiger partial charge in [0.05, 0.1) is 0 Å². The van der Waals surface area contributed by atoms with Crippen LogP contribution in [-0.2, 0) is 6.54 Å². The molecule has 0 spiro atoms. The highest BCUT2D eigenvalue weighted by Crippen LogP contribution is 2.18. The molecule has 1 heterocycles. The summed E-state index contributed by atoms with van der Waals surface area (Å²) in [6, 6.07) is 17.3. The number of aromatic nitrogens is 1. The number of hydrogen-bond donors (Lipinski definition) is 1. The molecule has 0 saturated heterocycles. The Labute approximate surface area is 166 Å². The molecule has 0 aliphatic carbocycles. The lowest BCUT2D eigenvalue weighted by atomic mass is 10.1. The zero-order valence-electron chi connectivity index (χ0n) is 16.7. The molecular formula is C23H27N3O2. The summed E-state index contributed by atoms with van der Waals surface area (Å²) in [7, 11) is 0. The lowest BCUT2D eigenvalue weighted by Gasteiger charge is -2.18. The second-order valence-electron chi connectivity index (χ2n) is 6.81. The molecule has 146 valence electrons. The normalized spacial score (nSPS) is 10.8. The highest BCUT2D eigenvalue weighted by molar-refractivity contribution is 5.97. The number of nitrogens with one attached hydrogen (secondary N) is 1. The molecule has 0 atom stereocenters. The number of fused-ring (bicyclic) bond motifs is 1. The van der Waals surface area contributed by atoms with Crippen LogP contribution in [0.25, 0.3) is 10.9 Å². The van der Waals surface area contributed by atoms with Crippen molar-refractivity contribution in [3.8, 4) is 0 Å². The fourth-order valence-corrected chi connectivity index (χ4v) is 3.49. The van der Waals surface area contributed by atoms with Gasteiger partial charge < -0.3 is 14.8 Å². The Hall–Kier alpha value is -3.08. The minimum absolute atomic E-state index is 0.00748. The second-order valence-corrected chi connectivity index (χ2v) is 6.81. The van der Waals surface area contributed by atoms with Crippen molar-refractivity contribution in [2.24, 2.45) is 0 Å². The van der Waals surface area contributed by atoms with Crippen LogP contribution < -0.4 is 5.32 Å². The first-order chi connectivity index (χ1) is 13.5. The summed E-state index contributed by atoms with van der Waals surface area (Å²) in [6.45, 7) is 8.59. The molecule has 3 rings (SSSR count). The molecule has 0 bridgehead atoms. The van der Waals surface area contributed by atoms with E-state index < -0.39 is 0 Å². The van der Waals surface area contributed by atoms with Gasteiger partial charge in [-0.2, -0.15) is 0 Å². The first kappa shape index (κ1) is 19.7. The molecule has 2 aromatic carbocycles. The number of rotatable bonds is 7. The van der Waals surface area contributed by atoms with E-state index in [1.165, 1.54) is 16.6 Å². The van der Waals surface area contributed by atoms with Gasteiger partial charge in [-0.25, -0.2) is 0 Å². The number of hydrogen-bond acceptors (Lipinski definition) is 2. The molecule has 1 N–H and O–H groups in total. The fourth-order valence-electron chi connectivity index (χ4n) is 3.49. The predicted molar refractivity (Wildman–Crippen MR) is 113 cm³/mol. The molecule has 0 fully saturated rings. The Kier molecular flexibility index (Phi) is 6.14. The topological polar surface area (TPSA) is 54.3 Å². The van der Waals surface area contributed by atoms with E-state index in [1.54, 1.807) is 29.2 Å². The monoisotopic (exact) mass is 377 g/mol. The van der Waals surface area contributed by atoms with Crippen molar-refractivity contribution in [3.05, 3.63) is 71.4 Å². The highest BCUT2D eigenvalue weighted by Gasteiger charge is 2.13. The largest absolute Gasteiger partial charge is 0.350 e. The molecule has 5 nitrogen and oxygen atoms in total. The predicted octanol–water partition coefficient (Wildman–Crippen LogP) is 3.86. The van der Waals surface area contributed by atoms with Gasteiger partial charge in [-0.05, 0) is 62.6 Å². The molecule has 0 aliphatic rings. The smallest absolute Gasteiger partial charge is 0.253 e. The van der Waals surface area contributed by atoms with Crippen LogP contribution in [0, 0.1) is 6.92 Å². The zero-order valence-corrected chi connectivity index (χ0v) is 16.7. The summed E-state index contributed by atoms with van der Waals surface area (Å²) in [4.78, 5) is 26.5. The Morgan fingerprint density at radius 2 is 1.61 bits per heavy atom. The standard InChI is InChI=1S/C23H27N3O2/c1-4-25(5-2)23(28)19-12-10-18(11-13-19)22(27)24-14-15-26-17(3)16-20-8-6-7-9-21(20)26/h6-13,16H,4-5,14-15H2,1-3H3,(H,24,27). The van der Waals surface area contributed by atoms with Crippen LogP contribution in [-0.4, -0.2) is 40.9 Å². The van der Waals surface area contributed by atoms with E-state index in [9.17, 15) is 9.59 Å². The molecule has 1 aromatic heterocycles. The van der Waals surface area contributed by atoms with Gasteiger partial charge in [0.1, 0.15) is 0 Å². The maximum absolute atomic E-state index is 12.4. The van der Waals surface area contributed by atoms with E-state index in [4.69, 9.17) is 0 Å². The Morgan fingerprint density at radius 1 is 0.964 bits per heavy atom. The molecule has 0 saturated carbocycles. The molecule has 0 radical (unpaired) electrons. The maximum atomic E-state index is 12.4. The molecule has 3 aromatic rings. The van der Waals surface area contributed by atoms with Crippen molar-refractivity contribution in [1.82, 2.24) is 14.8 Å². The summed E-state index contributed by atoms with van der Waals surface area (Å²) in [6.07, 6.45) is 0. The molecule has 0 aliphatic heterocycles. The van der Waals surface area contributed by atoms with Gasteiger partial charge >= 0.3 is 0 Å². The van der Waals surface area contributed by atoms with Gasteiger partial charge in [0.25, 0.3) is 11.8 Å². The number of carbonyl (C=O) groups is 2. The molecule has 28 heavy (non-hydrogen) atoms. The Balaban J connectivity index is 1.60. The van der Waals surface area contributed by atoms with Gasteiger partial charge in [0.15, 0.2) is 0 Å². The van der Waals surface area contributed by atoms with Gasteiger partial charge in [-0.3, -0.25) is 9.59 Å². The molecule has 0 unspecified atom stereocenters. The van der Waals surface area contributed by atoms with Gasteiger partial charge in [-0.1, -0.05) is 18.2 Å². The fraction of sp³-hybridized carbons (Fsp3) is 0.304. The summed E-state index contributed by atoms with van der Waals surface area (Å²) in [5.74, 6) is -0.136. The highest BCUT2D eigenvalue weighted by atomic mass is 16.2. The van der Waals surface area contributed by atoms with Crippen LogP contribution in [0.1, 0.15) is 40.3 Å². The van der Waals surface area contributed by atoms with Crippen molar-refractivity contribution in [2.75, 3.05) is 19.6 Å². The first-order valence-electron chi connectivity index (χ1n) is 9.77. The number of aryl methyl sites for hydroxylation is 1.